The number of rotatable bonds is 4. The molecule has 2 fully saturated rings. The molecule has 0 bridgehead atoms. The number of hydrogen-bond acceptors (Lipinski definition) is 1. The van der Waals surface area contributed by atoms with Crippen molar-refractivity contribution in [3.8, 4) is 0 Å². The third kappa shape index (κ3) is 2.41. The lowest BCUT2D eigenvalue weighted by atomic mass is 9.80. The van der Waals surface area contributed by atoms with Crippen LogP contribution in [0.25, 0.3) is 0 Å². The average Bonchev–Trinajstić information content (AvgIpc) is 2.81. The highest BCUT2D eigenvalue weighted by molar-refractivity contribution is 5.04. The summed E-state index contributed by atoms with van der Waals surface area (Å²) in [6.07, 6.45) is 11.2. The maximum absolute atomic E-state index is 4.13. The lowest BCUT2D eigenvalue weighted by molar-refractivity contribution is 0.147. The summed E-state index contributed by atoms with van der Waals surface area (Å²) in [5.41, 5.74) is 0.836. The van der Waals surface area contributed by atoms with Crippen molar-refractivity contribution in [2.45, 2.75) is 90.1 Å². The van der Waals surface area contributed by atoms with E-state index in [1.54, 1.807) is 0 Å². The number of hydrogen-bond donors (Lipinski definition) is 1. The Kier molecular flexibility index (Phi) is 3.87. The minimum Gasteiger partial charge on any atom is -0.306 e. The van der Waals surface area contributed by atoms with E-state index in [1.807, 2.05) is 0 Å². The monoisotopic (exact) mass is 237 g/mol. The Hall–Kier alpha value is -0.0400. The summed E-state index contributed by atoms with van der Waals surface area (Å²) in [6, 6.07) is 0. The van der Waals surface area contributed by atoms with Gasteiger partial charge in [0, 0.05) is 11.1 Å². The Morgan fingerprint density at radius 3 is 1.65 bits per heavy atom. The van der Waals surface area contributed by atoms with E-state index in [1.165, 1.54) is 51.4 Å². The van der Waals surface area contributed by atoms with Crippen molar-refractivity contribution in [3.05, 3.63) is 0 Å². The van der Waals surface area contributed by atoms with Gasteiger partial charge in [0.25, 0.3) is 0 Å². The Balaban J connectivity index is 2.08. The van der Waals surface area contributed by atoms with E-state index in [2.05, 4.69) is 33.0 Å². The molecule has 4 atom stereocenters. The Labute approximate surface area is 108 Å². The highest BCUT2D eigenvalue weighted by atomic mass is 15.1. The lowest BCUT2D eigenvalue weighted by Crippen LogP contribution is -2.58. The normalized spacial score (nSPS) is 46.6. The highest BCUT2D eigenvalue weighted by Gasteiger charge is 2.46. The molecule has 0 aliphatic heterocycles. The Morgan fingerprint density at radius 1 is 0.882 bits per heavy atom. The standard InChI is InChI=1S/C16H31N/c1-5-13-9-7-11-15(13,3)17-16(4)12-8-10-14(16)6-2/h13-14,17H,5-12H2,1-4H3. The van der Waals surface area contributed by atoms with Gasteiger partial charge in [0.1, 0.15) is 0 Å². The molecule has 100 valence electrons. The van der Waals surface area contributed by atoms with Crippen LogP contribution in [0.4, 0.5) is 0 Å². The molecule has 0 heterocycles. The zero-order valence-corrected chi connectivity index (χ0v) is 12.3. The molecule has 1 N–H and O–H groups in total. The van der Waals surface area contributed by atoms with Gasteiger partial charge < -0.3 is 5.32 Å². The third-order valence-corrected chi connectivity index (χ3v) is 5.86. The largest absolute Gasteiger partial charge is 0.306 e. The fourth-order valence-electron chi connectivity index (χ4n) is 4.77. The Morgan fingerprint density at radius 2 is 1.29 bits per heavy atom. The SMILES string of the molecule is CCC1CCCC1(C)NC1(C)CCCC1CC. The molecule has 0 spiro atoms. The summed E-state index contributed by atoms with van der Waals surface area (Å²) in [7, 11) is 0. The van der Waals surface area contributed by atoms with E-state index in [9.17, 15) is 0 Å². The van der Waals surface area contributed by atoms with Crippen LogP contribution in [0.15, 0.2) is 0 Å². The third-order valence-electron chi connectivity index (χ3n) is 5.86. The van der Waals surface area contributed by atoms with Gasteiger partial charge in [0.05, 0.1) is 0 Å². The molecule has 0 saturated heterocycles. The molecule has 1 heteroatoms. The van der Waals surface area contributed by atoms with Crippen LogP contribution >= 0.6 is 0 Å². The van der Waals surface area contributed by atoms with E-state index in [0.29, 0.717) is 11.1 Å². The fraction of sp³-hybridized carbons (Fsp3) is 1.00. The van der Waals surface area contributed by atoms with Gasteiger partial charge in [-0.3, -0.25) is 0 Å². The molecule has 0 aromatic rings. The van der Waals surface area contributed by atoms with Gasteiger partial charge in [-0.25, -0.2) is 0 Å². The summed E-state index contributed by atoms with van der Waals surface area (Å²) in [5.74, 6) is 1.80. The van der Waals surface area contributed by atoms with E-state index < -0.39 is 0 Å². The quantitative estimate of drug-likeness (QED) is 0.758. The lowest BCUT2D eigenvalue weighted by Gasteiger charge is -2.44. The van der Waals surface area contributed by atoms with Crippen molar-refractivity contribution < 1.29 is 0 Å². The van der Waals surface area contributed by atoms with Crippen molar-refractivity contribution in [1.82, 2.24) is 5.32 Å². The van der Waals surface area contributed by atoms with Crippen LogP contribution in [0, 0.1) is 11.8 Å². The van der Waals surface area contributed by atoms with Gasteiger partial charge in [0.2, 0.25) is 0 Å². The predicted molar refractivity (Wildman–Crippen MR) is 75.2 cm³/mol. The van der Waals surface area contributed by atoms with Crippen molar-refractivity contribution in [2.24, 2.45) is 11.8 Å². The van der Waals surface area contributed by atoms with E-state index in [0.717, 1.165) is 11.8 Å². The van der Waals surface area contributed by atoms with E-state index >= 15 is 0 Å². The Bertz CT molecular complexity index is 236. The first-order valence-corrected chi connectivity index (χ1v) is 7.83. The molecule has 0 radical (unpaired) electrons. The van der Waals surface area contributed by atoms with Crippen LogP contribution in [0.2, 0.25) is 0 Å². The molecule has 2 aliphatic carbocycles. The predicted octanol–water partition coefficient (Wildman–Crippen LogP) is 4.51. The summed E-state index contributed by atoms with van der Waals surface area (Å²) in [4.78, 5) is 0. The molecule has 2 rings (SSSR count). The minimum absolute atomic E-state index is 0.418. The van der Waals surface area contributed by atoms with E-state index in [4.69, 9.17) is 0 Å². The first-order valence-electron chi connectivity index (χ1n) is 7.83. The molecule has 0 aromatic heterocycles. The van der Waals surface area contributed by atoms with Gasteiger partial charge in [0.15, 0.2) is 0 Å². The zero-order chi connectivity index (χ0) is 12.5. The van der Waals surface area contributed by atoms with Gasteiger partial charge in [-0.15, -0.1) is 0 Å². The molecule has 1 nitrogen and oxygen atoms in total. The van der Waals surface area contributed by atoms with Crippen LogP contribution in [0.1, 0.15) is 79.1 Å². The molecular weight excluding hydrogens is 206 g/mol. The summed E-state index contributed by atoms with van der Waals surface area (Å²) in [6.45, 7) is 9.71. The maximum atomic E-state index is 4.13. The van der Waals surface area contributed by atoms with Crippen LogP contribution < -0.4 is 5.32 Å². The van der Waals surface area contributed by atoms with Crippen molar-refractivity contribution in [2.75, 3.05) is 0 Å². The smallest absolute Gasteiger partial charge is 0.0186 e. The van der Waals surface area contributed by atoms with Gasteiger partial charge >= 0.3 is 0 Å². The first-order chi connectivity index (χ1) is 8.04. The second-order valence-corrected chi connectivity index (χ2v) is 6.95. The van der Waals surface area contributed by atoms with Crippen LogP contribution in [0.5, 0.6) is 0 Å². The average molecular weight is 237 g/mol. The molecule has 2 saturated carbocycles. The summed E-state index contributed by atoms with van der Waals surface area (Å²) in [5, 5.41) is 4.13. The van der Waals surface area contributed by atoms with Gasteiger partial charge in [-0.05, 0) is 51.4 Å². The van der Waals surface area contributed by atoms with Gasteiger partial charge in [-0.2, -0.15) is 0 Å². The molecule has 0 aromatic carbocycles. The van der Waals surface area contributed by atoms with Gasteiger partial charge in [-0.1, -0.05) is 39.5 Å². The van der Waals surface area contributed by atoms with Crippen LogP contribution in [-0.4, -0.2) is 11.1 Å². The topological polar surface area (TPSA) is 12.0 Å². The van der Waals surface area contributed by atoms with Crippen molar-refractivity contribution >= 4 is 0 Å². The van der Waals surface area contributed by atoms with E-state index in [-0.39, 0.29) is 0 Å². The first kappa shape index (κ1) is 13.4. The second kappa shape index (κ2) is 4.91. The zero-order valence-electron chi connectivity index (χ0n) is 12.3. The van der Waals surface area contributed by atoms with Crippen LogP contribution in [0.3, 0.4) is 0 Å². The molecule has 0 amide bonds. The fourth-order valence-corrected chi connectivity index (χ4v) is 4.77. The molecular formula is C16H31N. The summed E-state index contributed by atoms with van der Waals surface area (Å²) < 4.78 is 0. The maximum Gasteiger partial charge on any atom is 0.0186 e. The highest BCUT2D eigenvalue weighted by Crippen LogP contribution is 2.44. The minimum atomic E-state index is 0.418. The number of nitrogens with one attached hydrogen (secondary N) is 1. The molecule has 2 aliphatic rings. The van der Waals surface area contributed by atoms with Crippen molar-refractivity contribution in [1.29, 1.82) is 0 Å². The van der Waals surface area contributed by atoms with Crippen LogP contribution in [-0.2, 0) is 0 Å². The molecule has 17 heavy (non-hydrogen) atoms. The summed E-state index contributed by atoms with van der Waals surface area (Å²) >= 11 is 0. The van der Waals surface area contributed by atoms with Crippen molar-refractivity contribution in [3.63, 3.8) is 0 Å². The molecule has 4 unspecified atom stereocenters. The second-order valence-electron chi connectivity index (χ2n) is 6.95.